The highest BCUT2D eigenvalue weighted by atomic mass is 16.3. The van der Waals surface area contributed by atoms with E-state index in [-0.39, 0.29) is 0 Å². The molecule has 0 atom stereocenters. The predicted molar refractivity (Wildman–Crippen MR) is 70.6 cm³/mol. The van der Waals surface area contributed by atoms with Crippen LogP contribution >= 0.6 is 0 Å². The van der Waals surface area contributed by atoms with Gasteiger partial charge in [-0.3, -0.25) is 0 Å². The van der Waals surface area contributed by atoms with Gasteiger partial charge in [0.1, 0.15) is 5.52 Å². The molecular formula is C13H19N3O. The molecule has 0 unspecified atom stereocenters. The number of fused-ring (bicyclic) bond motifs is 1. The van der Waals surface area contributed by atoms with Gasteiger partial charge in [-0.05, 0) is 24.7 Å². The number of hydrogen-bond donors (Lipinski definition) is 1. The van der Waals surface area contributed by atoms with Crippen molar-refractivity contribution < 1.29 is 4.42 Å². The van der Waals surface area contributed by atoms with Gasteiger partial charge in [0, 0.05) is 32.7 Å². The first-order valence-electron chi connectivity index (χ1n) is 5.99. The van der Waals surface area contributed by atoms with Crippen LogP contribution in [0, 0.1) is 6.92 Å². The molecule has 1 heterocycles. The molecule has 4 heteroatoms. The van der Waals surface area contributed by atoms with Crippen molar-refractivity contribution in [3.63, 3.8) is 0 Å². The Morgan fingerprint density at radius 1 is 1.41 bits per heavy atom. The zero-order valence-corrected chi connectivity index (χ0v) is 10.7. The van der Waals surface area contributed by atoms with Gasteiger partial charge in [-0.15, -0.1) is 0 Å². The highest BCUT2D eigenvalue weighted by Crippen LogP contribution is 2.21. The number of likely N-dealkylation sites (N-methyl/N-ethyl adjacent to an activating group) is 2. The van der Waals surface area contributed by atoms with Crippen molar-refractivity contribution >= 4 is 16.8 Å². The second kappa shape index (κ2) is 5.19. The second-order valence-electron chi connectivity index (χ2n) is 4.16. The smallest absolute Gasteiger partial charge is 0.192 e. The lowest BCUT2D eigenvalue weighted by atomic mass is 10.2. The lowest BCUT2D eigenvalue weighted by molar-refractivity contribution is 0.561. The van der Waals surface area contributed by atoms with Gasteiger partial charge in [-0.25, -0.2) is 4.98 Å². The number of aryl methyl sites for hydroxylation is 1. The Labute approximate surface area is 102 Å². The Kier molecular flexibility index (Phi) is 3.64. The highest BCUT2D eigenvalue weighted by Gasteiger charge is 2.05. The van der Waals surface area contributed by atoms with Crippen LogP contribution in [0.25, 0.3) is 11.1 Å². The lowest BCUT2D eigenvalue weighted by Gasteiger charge is -2.19. The van der Waals surface area contributed by atoms with Gasteiger partial charge in [0.15, 0.2) is 11.5 Å². The van der Waals surface area contributed by atoms with Crippen molar-refractivity contribution in [2.75, 3.05) is 31.6 Å². The molecule has 0 saturated heterocycles. The molecule has 1 aromatic heterocycles. The average Bonchev–Trinajstić information content (AvgIpc) is 2.68. The molecule has 0 bridgehead atoms. The first-order valence-corrected chi connectivity index (χ1v) is 5.99. The summed E-state index contributed by atoms with van der Waals surface area (Å²) in [6.45, 7) is 6.97. The molecule has 0 fully saturated rings. The molecular weight excluding hydrogens is 214 g/mol. The van der Waals surface area contributed by atoms with E-state index in [9.17, 15) is 0 Å². The van der Waals surface area contributed by atoms with Gasteiger partial charge < -0.3 is 14.6 Å². The van der Waals surface area contributed by atoms with Crippen LogP contribution in [0.3, 0.4) is 0 Å². The van der Waals surface area contributed by atoms with Crippen LogP contribution in [0.2, 0.25) is 0 Å². The summed E-state index contributed by atoms with van der Waals surface area (Å²) in [6.07, 6.45) is 0. The predicted octanol–water partition coefficient (Wildman–Crippen LogP) is 2.18. The zero-order chi connectivity index (χ0) is 12.3. The third-order valence-corrected chi connectivity index (χ3v) is 2.79. The van der Waals surface area contributed by atoms with Gasteiger partial charge in [-0.1, -0.05) is 6.92 Å². The first kappa shape index (κ1) is 11.9. The molecule has 0 radical (unpaired) electrons. The molecule has 92 valence electrons. The van der Waals surface area contributed by atoms with Crippen molar-refractivity contribution in [3.8, 4) is 0 Å². The third kappa shape index (κ3) is 2.77. The summed E-state index contributed by atoms with van der Waals surface area (Å²) < 4.78 is 5.46. The standard InChI is InChI=1S/C13H19N3O/c1-4-14-7-8-16(3)11-5-6-13-12(9-11)15-10(2)17-13/h5-6,9,14H,4,7-8H2,1-3H3. The molecule has 0 aliphatic rings. The average molecular weight is 233 g/mol. The molecule has 0 saturated carbocycles. The van der Waals surface area contributed by atoms with Crippen molar-refractivity contribution in [1.82, 2.24) is 10.3 Å². The summed E-state index contributed by atoms with van der Waals surface area (Å²) >= 11 is 0. The van der Waals surface area contributed by atoms with Gasteiger partial charge in [0.05, 0.1) is 0 Å². The van der Waals surface area contributed by atoms with Crippen molar-refractivity contribution in [3.05, 3.63) is 24.1 Å². The minimum absolute atomic E-state index is 0.715. The van der Waals surface area contributed by atoms with Gasteiger partial charge in [-0.2, -0.15) is 0 Å². The normalized spacial score (nSPS) is 11.0. The van der Waals surface area contributed by atoms with Crippen molar-refractivity contribution in [1.29, 1.82) is 0 Å². The Bertz CT molecular complexity index is 492. The van der Waals surface area contributed by atoms with E-state index in [1.54, 1.807) is 0 Å². The monoisotopic (exact) mass is 233 g/mol. The summed E-state index contributed by atoms with van der Waals surface area (Å²) in [4.78, 5) is 6.56. The summed E-state index contributed by atoms with van der Waals surface area (Å²) in [6, 6.07) is 6.12. The maximum absolute atomic E-state index is 5.46. The zero-order valence-electron chi connectivity index (χ0n) is 10.7. The number of hydrogen-bond acceptors (Lipinski definition) is 4. The molecule has 1 N–H and O–H groups in total. The summed E-state index contributed by atoms with van der Waals surface area (Å²) in [5.41, 5.74) is 2.95. The number of benzene rings is 1. The van der Waals surface area contributed by atoms with E-state index < -0.39 is 0 Å². The van der Waals surface area contributed by atoms with E-state index >= 15 is 0 Å². The van der Waals surface area contributed by atoms with E-state index in [1.165, 1.54) is 5.69 Å². The number of nitrogens with zero attached hydrogens (tertiary/aromatic N) is 2. The lowest BCUT2D eigenvalue weighted by Crippen LogP contribution is -2.28. The fourth-order valence-corrected chi connectivity index (χ4v) is 1.82. The first-order chi connectivity index (χ1) is 8.20. The van der Waals surface area contributed by atoms with Gasteiger partial charge >= 0.3 is 0 Å². The van der Waals surface area contributed by atoms with Crippen LogP contribution in [0.1, 0.15) is 12.8 Å². The molecule has 1 aromatic carbocycles. The Balaban J connectivity index is 2.12. The van der Waals surface area contributed by atoms with Crippen molar-refractivity contribution in [2.24, 2.45) is 0 Å². The van der Waals surface area contributed by atoms with E-state index in [0.717, 1.165) is 30.7 Å². The number of nitrogens with one attached hydrogen (secondary N) is 1. The SMILES string of the molecule is CCNCCN(C)c1ccc2oc(C)nc2c1. The van der Waals surface area contributed by atoms with Crippen molar-refractivity contribution in [2.45, 2.75) is 13.8 Å². The third-order valence-electron chi connectivity index (χ3n) is 2.79. The van der Waals surface area contributed by atoms with Crippen LogP contribution in [0.15, 0.2) is 22.6 Å². The summed E-state index contributed by atoms with van der Waals surface area (Å²) in [5.74, 6) is 0.715. The summed E-state index contributed by atoms with van der Waals surface area (Å²) in [7, 11) is 2.09. The number of oxazole rings is 1. The highest BCUT2D eigenvalue weighted by molar-refractivity contribution is 5.77. The molecule has 0 spiro atoms. The van der Waals surface area contributed by atoms with E-state index in [0.29, 0.717) is 5.89 Å². The van der Waals surface area contributed by atoms with Crippen LogP contribution < -0.4 is 10.2 Å². The fourth-order valence-electron chi connectivity index (χ4n) is 1.82. The van der Waals surface area contributed by atoms with Gasteiger partial charge in [0.2, 0.25) is 0 Å². The van der Waals surface area contributed by atoms with Gasteiger partial charge in [0.25, 0.3) is 0 Å². The van der Waals surface area contributed by atoms with Crippen LogP contribution in [0.4, 0.5) is 5.69 Å². The Morgan fingerprint density at radius 2 is 2.24 bits per heavy atom. The van der Waals surface area contributed by atoms with E-state index in [1.807, 2.05) is 13.0 Å². The quantitative estimate of drug-likeness (QED) is 0.804. The number of rotatable bonds is 5. The fraction of sp³-hybridized carbons (Fsp3) is 0.462. The largest absolute Gasteiger partial charge is 0.441 e. The maximum Gasteiger partial charge on any atom is 0.192 e. The molecule has 0 aliphatic heterocycles. The molecule has 2 aromatic rings. The molecule has 0 amide bonds. The van der Waals surface area contributed by atoms with E-state index in [4.69, 9.17) is 4.42 Å². The Hall–Kier alpha value is -1.55. The number of aromatic nitrogens is 1. The Morgan fingerprint density at radius 3 is 3.00 bits per heavy atom. The minimum Gasteiger partial charge on any atom is -0.441 e. The summed E-state index contributed by atoms with van der Waals surface area (Å²) in [5, 5.41) is 3.31. The van der Waals surface area contributed by atoms with Crippen LogP contribution in [-0.2, 0) is 0 Å². The molecule has 4 nitrogen and oxygen atoms in total. The molecule has 17 heavy (non-hydrogen) atoms. The molecule has 2 rings (SSSR count). The topological polar surface area (TPSA) is 41.3 Å². The second-order valence-corrected chi connectivity index (χ2v) is 4.16. The van der Waals surface area contributed by atoms with Crippen LogP contribution in [-0.4, -0.2) is 31.7 Å². The van der Waals surface area contributed by atoms with E-state index in [2.05, 4.69) is 41.3 Å². The molecule has 0 aliphatic carbocycles. The minimum atomic E-state index is 0.715. The van der Waals surface area contributed by atoms with Crippen LogP contribution in [0.5, 0.6) is 0 Å². The number of anilines is 1. The maximum atomic E-state index is 5.46.